The zero-order valence-corrected chi connectivity index (χ0v) is 10.4. The van der Waals surface area contributed by atoms with Gasteiger partial charge in [0, 0.05) is 5.92 Å². The molecule has 4 unspecified atom stereocenters. The second-order valence-corrected chi connectivity index (χ2v) is 4.67. The van der Waals surface area contributed by atoms with Crippen LogP contribution in [-0.2, 0) is 0 Å². The summed E-state index contributed by atoms with van der Waals surface area (Å²) < 4.78 is 0. The molecule has 1 aromatic rings. The summed E-state index contributed by atoms with van der Waals surface area (Å²) in [6.45, 7) is 0. The predicted octanol–water partition coefficient (Wildman–Crippen LogP) is 1.27. The topological polar surface area (TPSA) is 85.6 Å². The number of hydrogen-bond donors (Lipinski definition) is 2. The third kappa shape index (κ3) is 2.06. The smallest absolute Gasteiger partial charge is 0.105 e. The lowest BCUT2D eigenvalue weighted by Crippen LogP contribution is -2.56. The third-order valence-electron chi connectivity index (χ3n) is 3.20. The Labute approximate surface area is 111 Å². The summed E-state index contributed by atoms with van der Waals surface area (Å²) in [5.74, 6) is -1.25. The van der Waals surface area contributed by atoms with E-state index in [9.17, 15) is 10.5 Å². The molecule has 0 saturated carbocycles. The van der Waals surface area contributed by atoms with Crippen LogP contribution in [-0.4, -0.2) is 11.2 Å². The molecule has 1 saturated heterocycles. The number of nitriles is 2. The number of nitrogens with zero attached hydrogens (tertiary/aromatic N) is 2. The Kier molecular flexibility index (Phi) is 3.57. The maximum absolute atomic E-state index is 9.27. The Hall–Kier alpha value is -1.95. The van der Waals surface area contributed by atoms with Crippen molar-refractivity contribution in [2.45, 2.75) is 12.1 Å². The van der Waals surface area contributed by atoms with Gasteiger partial charge in [-0.1, -0.05) is 42.5 Å². The second kappa shape index (κ2) is 5.14. The van der Waals surface area contributed by atoms with Gasteiger partial charge < -0.3 is 11.1 Å². The highest BCUT2D eigenvalue weighted by molar-refractivity contribution is 7.80. The van der Waals surface area contributed by atoms with E-state index >= 15 is 0 Å². The van der Waals surface area contributed by atoms with Gasteiger partial charge in [-0.25, -0.2) is 0 Å². The van der Waals surface area contributed by atoms with E-state index in [-0.39, 0.29) is 5.92 Å². The molecule has 1 aliphatic heterocycles. The normalized spacial score (nSPS) is 30.9. The molecular formula is C13H12N4S. The molecule has 0 aliphatic carbocycles. The quantitative estimate of drug-likeness (QED) is 0.739. The van der Waals surface area contributed by atoms with Gasteiger partial charge in [0.1, 0.15) is 5.92 Å². The molecule has 0 aromatic heterocycles. The van der Waals surface area contributed by atoms with Crippen LogP contribution in [0.25, 0.3) is 0 Å². The molecule has 1 aliphatic rings. The Morgan fingerprint density at radius 1 is 1.17 bits per heavy atom. The van der Waals surface area contributed by atoms with Crippen molar-refractivity contribution in [3.05, 3.63) is 35.9 Å². The summed E-state index contributed by atoms with van der Waals surface area (Å²) in [6.07, 6.45) is -0.530. The number of benzene rings is 1. The van der Waals surface area contributed by atoms with E-state index in [0.29, 0.717) is 4.99 Å². The first-order valence-electron chi connectivity index (χ1n) is 5.59. The summed E-state index contributed by atoms with van der Waals surface area (Å²) in [4.78, 5) is 0.422. The van der Waals surface area contributed by atoms with E-state index < -0.39 is 18.0 Å². The number of nitrogens with two attached hydrogens (primary N) is 1. The van der Waals surface area contributed by atoms with Crippen molar-refractivity contribution in [3.8, 4) is 12.1 Å². The molecule has 1 heterocycles. The SMILES string of the molecule is N#CC1C(=S)NC(N)C(C#N)C1c1ccccc1. The molecule has 5 heteroatoms. The summed E-state index contributed by atoms with van der Waals surface area (Å²) >= 11 is 5.16. The largest absolute Gasteiger partial charge is 0.362 e. The number of hydrogen-bond acceptors (Lipinski definition) is 4. The van der Waals surface area contributed by atoms with Crippen LogP contribution in [0.15, 0.2) is 30.3 Å². The average Bonchev–Trinajstić information content (AvgIpc) is 2.39. The molecule has 18 heavy (non-hydrogen) atoms. The predicted molar refractivity (Wildman–Crippen MR) is 71.1 cm³/mol. The Bertz CT molecular complexity index is 528. The number of piperidine rings is 1. The maximum atomic E-state index is 9.27. The van der Waals surface area contributed by atoms with Gasteiger partial charge in [0.05, 0.1) is 29.2 Å². The van der Waals surface area contributed by atoms with Crippen LogP contribution >= 0.6 is 12.2 Å². The molecule has 1 fully saturated rings. The maximum Gasteiger partial charge on any atom is 0.105 e. The third-order valence-corrected chi connectivity index (χ3v) is 3.57. The van der Waals surface area contributed by atoms with Gasteiger partial charge in [-0.15, -0.1) is 0 Å². The Morgan fingerprint density at radius 3 is 2.39 bits per heavy atom. The zero-order chi connectivity index (χ0) is 13.1. The van der Waals surface area contributed by atoms with Gasteiger partial charge in [-0.2, -0.15) is 10.5 Å². The van der Waals surface area contributed by atoms with Crippen LogP contribution in [0.5, 0.6) is 0 Å². The van der Waals surface area contributed by atoms with E-state index in [4.69, 9.17) is 18.0 Å². The minimum absolute atomic E-state index is 0.273. The first-order chi connectivity index (χ1) is 8.69. The van der Waals surface area contributed by atoms with Crippen LogP contribution in [0.1, 0.15) is 11.5 Å². The monoisotopic (exact) mass is 256 g/mol. The molecule has 1 aromatic carbocycles. The first-order valence-corrected chi connectivity index (χ1v) is 6.00. The Morgan fingerprint density at radius 2 is 1.83 bits per heavy atom. The highest BCUT2D eigenvalue weighted by atomic mass is 32.1. The van der Waals surface area contributed by atoms with E-state index in [1.807, 2.05) is 30.3 Å². The molecule has 2 rings (SSSR count). The first kappa shape index (κ1) is 12.5. The lowest BCUT2D eigenvalue weighted by molar-refractivity contribution is 0.352. The van der Waals surface area contributed by atoms with Crippen LogP contribution in [0, 0.1) is 34.5 Å². The van der Waals surface area contributed by atoms with Gasteiger partial charge >= 0.3 is 0 Å². The van der Waals surface area contributed by atoms with Gasteiger partial charge in [-0.05, 0) is 5.56 Å². The van der Waals surface area contributed by atoms with Crippen molar-refractivity contribution in [3.63, 3.8) is 0 Å². The summed E-state index contributed by atoms with van der Waals surface area (Å²) in [5.41, 5.74) is 6.82. The van der Waals surface area contributed by atoms with Crippen molar-refractivity contribution in [2.24, 2.45) is 17.6 Å². The van der Waals surface area contributed by atoms with Crippen molar-refractivity contribution in [1.82, 2.24) is 5.32 Å². The molecule has 4 nitrogen and oxygen atoms in total. The molecule has 0 bridgehead atoms. The van der Waals surface area contributed by atoms with Crippen LogP contribution in [0.2, 0.25) is 0 Å². The van der Waals surface area contributed by atoms with E-state index in [1.54, 1.807) is 0 Å². The average molecular weight is 256 g/mol. The van der Waals surface area contributed by atoms with Gasteiger partial charge in [0.15, 0.2) is 0 Å². The van der Waals surface area contributed by atoms with Gasteiger partial charge in [0.2, 0.25) is 0 Å². The summed E-state index contributed by atoms with van der Waals surface area (Å²) in [5, 5.41) is 21.4. The molecule has 90 valence electrons. The van der Waals surface area contributed by atoms with Crippen molar-refractivity contribution >= 4 is 17.2 Å². The fraction of sp³-hybridized carbons (Fsp3) is 0.308. The van der Waals surface area contributed by atoms with Crippen molar-refractivity contribution < 1.29 is 0 Å². The zero-order valence-electron chi connectivity index (χ0n) is 9.58. The van der Waals surface area contributed by atoms with Gasteiger partial charge in [0.25, 0.3) is 0 Å². The van der Waals surface area contributed by atoms with E-state index in [1.165, 1.54) is 0 Å². The molecule has 4 atom stereocenters. The van der Waals surface area contributed by atoms with Crippen LogP contribution < -0.4 is 11.1 Å². The number of nitrogens with one attached hydrogen (secondary N) is 1. The van der Waals surface area contributed by atoms with Crippen LogP contribution in [0.4, 0.5) is 0 Å². The van der Waals surface area contributed by atoms with Crippen LogP contribution in [0.3, 0.4) is 0 Å². The number of thiocarbonyl (C=S) groups is 1. The van der Waals surface area contributed by atoms with Crippen molar-refractivity contribution in [1.29, 1.82) is 10.5 Å². The standard InChI is InChI=1S/C13H12N4S/c14-6-9-11(8-4-2-1-3-5-8)10(7-15)13(18)17-12(9)16/h1-5,9-12H,16H2,(H,17,18). The molecule has 0 amide bonds. The highest BCUT2D eigenvalue weighted by Crippen LogP contribution is 2.36. The second-order valence-electron chi connectivity index (χ2n) is 4.23. The fourth-order valence-corrected chi connectivity index (χ4v) is 2.65. The lowest BCUT2D eigenvalue weighted by Gasteiger charge is -2.37. The van der Waals surface area contributed by atoms with Crippen molar-refractivity contribution in [2.75, 3.05) is 0 Å². The van der Waals surface area contributed by atoms with E-state index in [2.05, 4.69) is 17.5 Å². The molecule has 3 N–H and O–H groups in total. The minimum atomic E-state index is -0.530. The minimum Gasteiger partial charge on any atom is -0.362 e. The Balaban J connectivity index is 2.47. The number of rotatable bonds is 1. The summed E-state index contributed by atoms with van der Waals surface area (Å²) in [6, 6.07) is 13.8. The molecular weight excluding hydrogens is 244 g/mol. The summed E-state index contributed by atoms with van der Waals surface area (Å²) in [7, 11) is 0. The fourth-order valence-electron chi connectivity index (χ4n) is 2.31. The lowest BCUT2D eigenvalue weighted by atomic mass is 9.74. The molecule has 0 spiro atoms. The molecule has 0 radical (unpaired) electrons. The van der Waals surface area contributed by atoms with E-state index in [0.717, 1.165) is 5.56 Å². The highest BCUT2D eigenvalue weighted by Gasteiger charge is 2.42. The van der Waals surface area contributed by atoms with Gasteiger partial charge in [-0.3, -0.25) is 0 Å².